The van der Waals surface area contributed by atoms with Gasteiger partial charge in [0.25, 0.3) is 0 Å². The minimum absolute atomic E-state index is 0.107. The molecule has 5 heteroatoms. The van der Waals surface area contributed by atoms with Crippen LogP contribution in [0.15, 0.2) is 35.7 Å². The molecule has 110 valence electrons. The Balaban J connectivity index is 2.50. The summed E-state index contributed by atoms with van der Waals surface area (Å²) >= 11 is 1.40. The average molecular weight is 304 g/mol. The number of hydrogen-bond donors (Lipinski definition) is 1. The van der Waals surface area contributed by atoms with Crippen molar-refractivity contribution in [3.8, 4) is 11.1 Å². The quantitative estimate of drug-likeness (QED) is 0.861. The van der Waals surface area contributed by atoms with Crippen LogP contribution in [0.4, 0.5) is 0 Å². The molecule has 1 aromatic heterocycles. The Morgan fingerprint density at radius 2 is 1.95 bits per heavy atom. The first-order chi connectivity index (χ1) is 10.0. The van der Waals surface area contributed by atoms with Crippen LogP contribution in [0.5, 0.6) is 0 Å². The van der Waals surface area contributed by atoms with Gasteiger partial charge < -0.3 is 9.84 Å². The molecule has 1 aromatic carbocycles. The Bertz CT molecular complexity index is 646. The van der Waals surface area contributed by atoms with Crippen molar-refractivity contribution in [2.75, 3.05) is 7.11 Å². The minimum Gasteiger partial charge on any atom is -0.481 e. The molecule has 21 heavy (non-hydrogen) atoms. The Labute approximate surface area is 127 Å². The highest BCUT2D eigenvalue weighted by Gasteiger charge is 2.24. The summed E-state index contributed by atoms with van der Waals surface area (Å²) in [6.45, 7) is 1.73. The number of carbonyl (C=O) groups is 2. The lowest BCUT2D eigenvalue weighted by atomic mass is 9.96. The number of carbonyl (C=O) groups excluding carboxylic acids is 1. The van der Waals surface area contributed by atoms with E-state index in [-0.39, 0.29) is 12.4 Å². The van der Waals surface area contributed by atoms with E-state index in [1.165, 1.54) is 18.4 Å². The number of esters is 1. The van der Waals surface area contributed by atoms with Crippen molar-refractivity contribution < 1.29 is 19.4 Å². The molecule has 0 amide bonds. The van der Waals surface area contributed by atoms with Gasteiger partial charge in [-0.15, -0.1) is 11.3 Å². The molecule has 0 radical (unpaired) electrons. The van der Waals surface area contributed by atoms with Gasteiger partial charge in [-0.3, -0.25) is 9.59 Å². The molecule has 0 bridgehead atoms. The summed E-state index contributed by atoms with van der Waals surface area (Å²) in [5.41, 5.74) is 2.51. The van der Waals surface area contributed by atoms with Crippen molar-refractivity contribution in [3.05, 3.63) is 46.2 Å². The first-order valence-corrected chi connectivity index (χ1v) is 7.37. The molecular formula is C16H16O4S. The number of carboxylic acid groups (broad SMARTS) is 1. The van der Waals surface area contributed by atoms with E-state index in [0.29, 0.717) is 5.56 Å². The number of methoxy groups -OCH3 is 1. The zero-order valence-corrected chi connectivity index (χ0v) is 12.6. The summed E-state index contributed by atoms with van der Waals surface area (Å²) < 4.78 is 4.76. The molecule has 0 aliphatic rings. The second-order valence-electron chi connectivity index (χ2n) is 4.67. The van der Waals surface area contributed by atoms with Crippen molar-refractivity contribution >= 4 is 23.3 Å². The van der Waals surface area contributed by atoms with Crippen molar-refractivity contribution in [2.45, 2.75) is 19.3 Å². The molecule has 1 atom stereocenters. The van der Waals surface area contributed by atoms with E-state index in [1.54, 1.807) is 6.92 Å². The summed E-state index contributed by atoms with van der Waals surface area (Å²) in [6.07, 6.45) is -0.107. The van der Waals surface area contributed by atoms with Crippen LogP contribution in [0, 0.1) is 0 Å². The van der Waals surface area contributed by atoms with E-state index in [4.69, 9.17) is 9.84 Å². The van der Waals surface area contributed by atoms with Crippen molar-refractivity contribution in [1.29, 1.82) is 0 Å². The van der Waals surface area contributed by atoms with Gasteiger partial charge in [0.2, 0.25) is 0 Å². The third-order valence-corrected chi connectivity index (χ3v) is 4.49. The highest BCUT2D eigenvalue weighted by atomic mass is 32.1. The summed E-state index contributed by atoms with van der Waals surface area (Å²) in [5, 5.41) is 11.1. The lowest BCUT2D eigenvalue weighted by molar-refractivity contribution is -0.142. The smallest absolute Gasteiger partial charge is 0.313 e. The predicted molar refractivity (Wildman–Crippen MR) is 81.5 cm³/mol. The van der Waals surface area contributed by atoms with E-state index in [0.717, 1.165) is 16.0 Å². The van der Waals surface area contributed by atoms with Crippen molar-refractivity contribution in [3.63, 3.8) is 0 Å². The van der Waals surface area contributed by atoms with Gasteiger partial charge in [-0.05, 0) is 29.0 Å². The summed E-state index contributed by atoms with van der Waals surface area (Å²) in [7, 11) is 1.33. The third-order valence-electron chi connectivity index (χ3n) is 3.29. The van der Waals surface area contributed by atoms with Gasteiger partial charge in [-0.2, -0.15) is 0 Å². The number of rotatable bonds is 5. The van der Waals surface area contributed by atoms with Gasteiger partial charge in [0.1, 0.15) is 0 Å². The fourth-order valence-electron chi connectivity index (χ4n) is 2.24. The highest BCUT2D eigenvalue weighted by Crippen LogP contribution is 2.36. The third kappa shape index (κ3) is 3.31. The molecule has 0 spiro atoms. The average Bonchev–Trinajstić information content (AvgIpc) is 2.89. The molecule has 0 fully saturated rings. The molecule has 2 aromatic rings. The first-order valence-electron chi connectivity index (χ1n) is 6.50. The fourth-order valence-corrected chi connectivity index (χ4v) is 3.39. The number of thiophene rings is 1. The lowest BCUT2D eigenvalue weighted by Crippen LogP contribution is -2.12. The molecule has 0 aliphatic heterocycles. The van der Waals surface area contributed by atoms with Crippen LogP contribution in [0.1, 0.15) is 23.3 Å². The summed E-state index contributed by atoms with van der Waals surface area (Å²) in [6, 6.07) is 9.58. The van der Waals surface area contributed by atoms with Crippen LogP contribution < -0.4 is 0 Å². The van der Waals surface area contributed by atoms with Crippen molar-refractivity contribution in [1.82, 2.24) is 0 Å². The predicted octanol–water partition coefficient (Wildman–Crippen LogP) is 3.32. The largest absolute Gasteiger partial charge is 0.481 e. The van der Waals surface area contributed by atoms with E-state index >= 15 is 0 Å². The van der Waals surface area contributed by atoms with Gasteiger partial charge in [0, 0.05) is 4.88 Å². The first kappa shape index (κ1) is 15.3. The fraction of sp³-hybridized carbons (Fsp3) is 0.250. The van der Waals surface area contributed by atoms with E-state index in [9.17, 15) is 9.59 Å². The number of carboxylic acids is 1. The Hall–Kier alpha value is -2.14. The molecule has 4 nitrogen and oxygen atoms in total. The zero-order valence-electron chi connectivity index (χ0n) is 11.8. The molecule has 0 aliphatic carbocycles. The normalized spacial score (nSPS) is 11.9. The molecule has 2 rings (SSSR count). The van der Waals surface area contributed by atoms with Gasteiger partial charge in [-0.25, -0.2) is 0 Å². The monoisotopic (exact) mass is 304 g/mol. The maximum atomic E-state index is 11.7. The van der Waals surface area contributed by atoms with Crippen molar-refractivity contribution in [2.24, 2.45) is 0 Å². The van der Waals surface area contributed by atoms with E-state index in [2.05, 4.69) is 0 Å². The van der Waals surface area contributed by atoms with Crippen LogP contribution in [-0.2, 0) is 20.7 Å². The number of aliphatic carboxylic acids is 1. The number of ether oxygens (including phenoxy) is 1. The summed E-state index contributed by atoms with van der Waals surface area (Å²) in [4.78, 5) is 23.6. The van der Waals surface area contributed by atoms with Crippen LogP contribution in [-0.4, -0.2) is 24.2 Å². The van der Waals surface area contributed by atoms with Crippen LogP contribution in [0.25, 0.3) is 11.1 Å². The zero-order chi connectivity index (χ0) is 15.4. The van der Waals surface area contributed by atoms with Gasteiger partial charge >= 0.3 is 11.9 Å². The molecular weight excluding hydrogens is 288 g/mol. The Kier molecular flexibility index (Phi) is 4.75. The highest BCUT2D eigenvalue weighted by molar-refractivity contribution is 7.10. The SMILES string of the molecule is COC(=O)C(C)c1scc(-c2ccccc2)c1CC(=O)O. The topological polar surface area (TPSA) is 63.6 Å². The van der Waals surface area contributed by atoms with Crippen LogP contribution in [0.3, 0.4) is 0 Å². The Morgan fingerprint density at radius 1 is 1.29 bits per heavy atom. The van der Waals surface area contributed by atoms with Crippen LogP contribution >= 0.6 is 11.3 Å². The molecule has 1 unspecified atom stereocenters. The van der Waals surface area contributed by atoms with Gasteiger partial charge in [0.05, 0.1) is 19.4 Å². The molecule has 0 saturated carbocycles. The van der Waals surface area contributed by atoms with E-state index in [1.807, 2.05) is 35.7 Å². The lowest BCUT2D eigenvalue weighted by Gasteiger charge is -2.11. The standard InChI is InChI=1S/C16H16O4S/c1-10(16(19)20-2)15-12(8-14(17)18)13(9-21-15)11-6-4-3-5-7-11/h3-7,9-10H,8H2,1-2H3,(H,17,18). The van der Waals surface area contributed by atoms with E-state index < -0.39 is 11.9 Å². The second-order valence-corrected chi connectivity index (χ2v) is 5.58. The Morgan fingerprint density at radius 3 is 2.52 bits per heavy atom. The summed E-state index contributed by atoms with van der Waals surface area (Å²) in [5.74, 6) is -1.74. The second kappa shape index (κ2) is 6.54. The number of hydrogen-bond acceptors (Lipinski definition) is 4. The minimum atomic E-state index is -0.913. The molecule has 0 saturated heterocycles. The maximum Gasteiger partial charge on any atom is 0.313 e. The maximum absolute atomic E-state index is 11.7. The number of benzene rings is 1. The van der Waals surface area contributed by atoms with Crippen LogP contribution in [0.2, 0.25) is 0 Å². The van der Waals surface area contributed by atoms with Gasteiger partial charge in [0.15, 0.2) is 0 Å². The van der Waals surface area contributed by atoms with Gasteiger partial charge in [-0.1, -0.05) is 30.3 Å². The molecule has 1 N–H and O–H groups in total. The molecule has 1 heterocycles.